The molecule has 3 aromatic rings. The fraction of sp³-hybridized carbons (Fsp3) is 0.360. The van der Waals surface area contributed by atoms with Crippen molar-refractivity contribution in [3.63, 3.8) is 0 Å². The van der Waals surface area contributed by atoms with Crippen molar-refractivity contribution >= 4 is 28.7 Å². The third kappa shape index (κ3) is 3.70. The summed E-state index contributed by atoms with van der Waals surface area (Å²) in [6.45, 7) is 5.04. The van der Waals surface area contributed by atoms with E-state index in [-0.39, 0.29) is 11.8 Å². The maximum Gasteiger partial charge on any atom is 0.229 e. The van der Waals surface area contributed by atoms with Crippen LogP contribution in [-0.4, -0.2) is 66.6 Å². The van der Waals surface area contributed by atoms with Gasteiger partial charge in [0.2, 0.25) is 5.91 Å². The van der Waals surface area contributed by atoms with Gasteiger partial charge in [-0.1, -0.05) is 12.1 Å². The Hall–Kier alpha value is -3.52. The van der Waals surface area contributed by atoms with E-state index in [1.54, 1.807) is 0 Å². The lowest BCUT2D eigenvalue weighted by Crippen LogP contribution is -2.56. The molecular weight excluding hydrogens is 416 g/mol. The predicted molar refractivity (Wildman–Crippen MR) is 129 cm³/mol. The maximum absolute atomic E-state index is 12.7. The maximum atomic E-state index is 12.7. The number of amides is 1. The molecule has 0 saturated carbocycles. The largest absolute Gasteiger partial charge is 0.378 e. The van der Waals surface area contributed by atoms with E-state index in [0.29, 0.717) is 26.3 Å². The highest BCUT2D eigenvalue weighted by Crippen LogP contribution is 2.41. The zero-order valence-corrected chi connectivity index (χ0v) is 18.8. The Morgan fingerprint density at radius 3 is 2.52 bits per heavy atom. The second-order valence-electron chi connectivity index (χ2n) is 8.95. The van der Waals surface area contributed by atoms with Gasteiger partial charge in [-0.2, -0.15) is 5.10 Å². The van der Waals surface area contributed by atoms with Crippen molar-refractivity contribution in [1.29, 1.82) is 0 Å². The molecule has 0 bridgehead atoms. The summed E-state index contributed by atoms with van der Waals surface area (Å²) in [6.07, 6.45) is 3.91. The molecule has 6 rings (SSSR count). The Bertz CT molecular complexity index is 1160. The van der Waals surface area contributed by atoms with Gasteiger partial charge in [-0.15, -0.1) is 0 Å². The number of morpholine rings is 1. The van der Waals surface area contributed by atoms with Crippen LogP contribution in [0, 0.1) is 5.92 Å². The lowest BCUT2D eigenvalue weighted by atomic mass is 9.97. The highest BCUT2D eigenvalue weighted by Gasteiger charge is 2.36. The number of nitrogens with zero attached hydrogens (tertiary/aromatic N) is 5. The van der Waals surface area contributed by atoms with Gasteiger partial charge in [-0.3, -0.25) is 9.48 Å². The van der Waals surface area contributed by atoms with Crippen LogP contribution >= 0.6 is 0 Å². The van der Waals surface area contributed by atoms with E-state index in [0.717, 1.165) is 42.3 Å². The smallest absolute Gasteiger partial charge is 0.229 e. The predicted octanol–water partition coefficient (Wildman–Crippen LogP) is 2.90. The van der Waals surface area contributed by atoms with E-state index < -0.39 is 0 Å². The number of rotatable bonds is 4. The van der Waals surface area contributed by atoms with Gasteiger partial charge in [0.25, 0.3) is 0 Å². The molecule has 0 spiro atoms. The van der Waals surface area contributed by atoms with Crippen LogP contribution in [0.2, 0.25) is 0 Å². The number of carbonyl (C=O) groups excluding carboxylic acids is 1. The Morgan fingerprint density at radius 1 is 1.03 bits per heavy atom. The quantitative estimate of drug-likeness (QED) is 0.668. The molecule has 1 aromatic heterocycles. The summed E-state index contributed by atoms with van der Waals surface area (Å²) < 4.78 is 7.19. The Balaban J connectivity index is 1.16. The van der Waals surface area contributed by atoms with E-state index in [1.807, 2.05) is 29.0 Å². The van der Waals surface area contributed by atoms with Crippen molar-refractivity contribution in [2.75, 3.05) is 61.2 Å². The third-order valence-corrected chi connectivity index (χ3v) is 6.84. The number of hydrogen-bond donors (Lipinski definition) is 1. The summed E-state index contributed by atoms with van der Waals surface area (Å²) in [7, 11) is 1.93. The number of benzene rings is 2. The molecule has 2 fully saturated rings. The van der Waals surface area contributed by atoms with E-state index >= 15 is 0 Å². The number of aromatic nitrogens is 2. The summed E-state index contributed by atoms with van der Waals surface area (Å²) in [4.78, 5) is 19.3. The molecule has 3 aliphatic rings. The molecule has 0 unspecified atom stereocenters. The summed E-state index contributed by atoms with van der Waals surface area (Å²) >= 11 is 0. The Labute approximate surface area is 193 Å². The van der Waals surface area contributed by atoms with Crippen molar-refractivity contribution in [3.8, 4) is 11.1 Å². The first-order valence-corrected chi connectivity index (χ1v) is 11.5. The number of ether oxygens (including phenoxy) is 1. The van der Waals surface area contributed by atoms with Crippen LogP contribution in [0.15, 0.2) is 54.9 Å². The second-order valence-corrected chi connectivity index (χ2v) is 8.95. The summed E-state index contributed by atoms with van der Waals surface area (Å²) in [6, 6.07) is 15.1. The first-order chi connectivity index (χ1) is 16.2. The number of fused-ring (bicyclic) bond motifs is 1. The van der Waals surface area contributed by atoms with Crippen molar-refractivity contribution in [3.05, 3.63) is 54.9 Å². The first kappa shape index (κ1) is 20.1. The fourth-order valence-electron chi connectivity index (χ4n) is 4.86. The van der Waals surface area contributed by atoms with Crippen LogP contribution in [0.3, 0.4) is 0 Å². The average Bonchev–Trinajstić information content (AvgIpc) is 3.45. The van der Waals surface area contributed by atoms with Gasteiger partial charge in [-0.05, 0) is 35.9 Å². The molecule has 1 N–H and O–H groups in total. The van der Waals surface area contributed by atoms with Crippen molar-refractivity contribution in [2.24, 2.45) is 13.0 Å². The minimum atomic E-state index is 0.0885. The van der Waals surface area contributed by atoms with E-state index in [1.165, 1.54) is 11.4 Å². The number of anilines is 4. The van der Waals surface area contributed by atoms with E-state index in [9.17, 15) is 4.79 Å². The molecule has 2 saturated heterocycles. The first-order valence-electron chi connectivity index (χ1n) is 11.5. The Kier molecular flexibility index (Phi) is 4.95. The number of aryl methyl sites for hydroxylation is 1. The SMILES string of the molecule is Cn1cc(-c2ccc(N3CNc4ccc(N5CC(C(=O)N6CCOCC6)C5)cc43)cc2)cn1. The number of carbonyl (C=O) groups is 1. The molecule has 1 amide bonds. The lowest BCUT2D eigenvalue weighted by Gasteiger charge is -2.43. The topological polar surface area (TPSA) is 65.9 Å². The molecule has 0 aliphatic carbocycles. The van der Waals surface area contributed by atoms with Gasteiger partial charge in [0, 0.05) is 56.4 Å². The molecule has 8 nitrogen and oxygen atoms in total. The fourth-order valence-corrected chi connectivity index (χ4v) is 4.86. The molecule has 170 valence electrons. The Morgan fingerprint density at radius 2 is 1.79 bits per heavy atom. The van der Waals surface area contributed by atoms with Gasteiger partial charge in [0.05, 0.1) is 43.4 Å². The minimum absolute atomic E-state index is 0.0885. The average molecular weight is 445 g/mol. The second kappa shape index (κ2) is 8.12. The minimum Gasteiger partial charge on any atom is -0.378 e. The van der Waals surface area contributed by atoms with Crippen LogP contribution < -0.4 is 15.1 Å². The lowest BCUT2D eigenvalue weighted by molar-refractivity contribution is -0.140. The molecule has 0 radical (unpaired) electrons. The van der Waals surface area contributed by atoms with Crippen molar-refractivity contribution < 1.29 is 9.53 Å². The molecule has 4 heterocycles. The van der Waals surface area contributed by atoms with Gasteiger partial charge in [-0.25, -0.2) is 0 Å². The van der Waals surface area contributed by atoms with Crippen molar-refractivity contribution in [1.82, 2.24) is 14.7 Å². The number of hydrogen-bond acceptors (Lipinski definition) is 6. The zero-order chi connectivity index (χ0) is 22.4. The van der Waals surface area contributed by atoms with Crippen LogP contribution in [0.5, 0.6) is 0 Å². The van der Waals surface area contributed by atoms with Crippen LogP contribution in [-0.2, 0) is 16.6 Å². The summed E-state index contributed by atoms with van der Waals surface area (Å²) in [5.41, 5.74) is 6.89. The number of nitrogens with one attached hydrogen (secondary N) is 1. The van der Waals surface area contributed by atoms with Crippen LogP contribution in [0.25, 0.3) is 11.1 Å². The van der Waals surface area contributed by atoms with Gasteiger partial charge >= 0.3 is 0 Å². The van der Waals surface area contributed by atoms with Crippen LogP contribution in [0.4, 0.5) is 22.7 Å². The van der Waals surface area contributed by atoms with Gasteiger partial charge < -0.3 is 24.8 Å². The highest BCUT2D eigenvalue weighted by atomic mass is 16.5. The molecule has 3 aliphatic heterocycles. The molecule has 0 atom stereocenters. The third-order valence-electron chi connectivity index (χ3n) is 6.84. The van der Waals surface area contributed by atoms with Gasteiger partial charge in [0.15, 0.2) is 0 Å². The van der Waals surface area contributed by atoms with Gasteiger partial charge in [0.1, 0.15) is 0 Å². The normalized spacial score (nSPS) is 18.2. The summed E-state index contributed by atoms with van der Waals surface area (Å²) in [5, 5.41) is 7.76. The van der Waals surface area contributed by atoms with Crippen LogP contribution in [0.1, 0.15) is 0 Å². The monoisotopic (exact) mass is 444 g/mol. The van der Waals surface area contributed by atoms with Crippen molar-refractivity contribution in [2.45, 2.75) is 0 Å². The molecule has 33 heavy (non-hydrogen) atoms. The zero-order valence-electron chi connectivity index (χ0n) is 18.8. The molecular formula is C25H28N6O2. The highest BCUT2D eigenvalue weighted by molar-refractivity contribution is 5.86. The van der Waals surface area contributed by atoms with E-state index in [2.05, 4.69) is 62.7 Å². The molecule has 8 heteroatoms. The van der Waals surface area contributed by atoms with E-state index in [4.69, 9.17) is 4.74 Å². The summed E-state index contributed by atoms with van der Waals surface area (Å²) in [5.74, 6) is 0.360. The standard InChI is InChI=1S/C25H28N6O2/c1-28-14-19(13-27-28)18-2-4-21(5-3-18)31-17-26-23-7-6-22(12-24(23)31)30-15-20(16-30)25(32)29-8-10-33-11-9-29/h2-7,12-14,20,26H,8-11,15-17H2,1H3. The molecule has 2 aromatic carbocycles.